The Morgan fingerprint density at radius 2 is 1.84 bits per heavy atom. The van der Waals surface area contributed by atoms with E-state index in [-0.39, 0.29) is 5.91 Å². The summed E-state index contributed by atoms with van der Waals surface area (Å²) in [6.07, 6.45) is 0. The fourth-order valence-electron chi connectivity index (χ4n) is 1.48. The second-order valence-electron chi connectivity index (χ2n) is 3.81. The fraction of sp³-hybridized carbons (Fsp3) is 0. The van der Waals surface area contributed by atoms with E-state index in [9.17, 15) is 4.79 Å². The molecule has 19 heavy (non-hydrogen) atoms. The van der Waals surface area contributed by atoms with Crippen molar-refractivity contribution < 1.29 is 4.79 Å². The molecule has 1 amide bonds. The van der Waals surface area contributed by atoms with Gasteiger partial charge in [-0.05, 0) is 36.4 Å². The molecule has 0 saturated carbocycles. The first-order chi connectivity index (χ1) is 8.97. The molecular formula is C13H9BrCl2N2O. The van der Waals surface area contributed by atoms with E-state index in [1.807, 2.05) is 0 Å². The van der Waals surface area contributed by atoms with Crippen molar-refractivity contribution >= 4 is 56.4 Å². The normalized spacial score (nSPS) is 10.3. The van der Waals surface area contributed by atoms with Gasteiger partial charge in [-0.3, -0.25) is 4.79 Å². The number of nitrogen functional groups attached to an aromatic ring is 1. The van der Waals surface area contributed by atoms with E-state index < -0.39 is 0 Å². The molecule has 3 N–H and O–H groups in total. The third-order valence-electron chi connectivity index (χ3n) is 2.44. The average molecular weight is 360 g/mol. The smallest absolute Gasteiger partial charge is 0.255 e. The lowest BCUT2D eigenvalue weighted by atomic mass is 10.2. The van der Waals surface area contributed by atoms with Crippen LogP contribution in [0.25, 0.3) is 0 Å². The second kappa shape index (κ2) is 5.82. The number of nitrogens with one attached hydrogen (secondary N) is 1. The van der Waals surface area contributed by atoms with Crippen molar-refractivity contribution in [2.45, 2.75) is 0 Å². The maximum Gasteiger partial charge on any atom is 0.255 e. The SMILES string of the molecule is Nc1cc(Br)ccc1NC(=O)c1ccc(Cl)c(Cl)c1. The molecule has 2 rings (SSSR count). The highest BCUT2D eigenvalue weighted by Gasteiger charge is 2.10. The van der Waals surface area contributed by atoms with Gasteiger partial charge in [0, 0.05) is 10.0 Å². The zero-order valence-corrected chi connectivity index (χ0v) is 12.7. The Bertz CT molecular complexity index is 647. The summed E-state index contributed by atoms with van der Waals surface area (Å²) in [4.78, 5) is 12.0. The highest BCUT2D eigenvalue weighted by Crippen LogP contribution is 2.25. The van der Waals surface area contributed by atoms with Crippen molar-refractivity contribution in [2.75, 3.05) is 11.1 Å². The van der Waals surface area contributed by atoms with Gasteiger partial charge in [-0.2, -0.15) is 0 Å². The van der Waals surface area contributed by atoms with Gasteiger partial charge in [-0.15, -0.1) is 0 Å². The summed E-state index contributed by atoms with van der Waals surface area (Å²) in [7, 11) is 0. The minimum absolute atomic E-state index is 0.299. The molecule has 0 atom stereocenters. The van der Waals surface area contributed by atoms with Crippen LogP contribution in [0, 0.1) is 0 Å². The molecule has 0 heterocycles. The van der Waals surface area contributed by atoms with Gasteiger partial charge >= 0.3 is 0 Å². The van der Waals surface area contributed by atoms with Crippen LogP contribution >= 0.6 is 39.1 Å². The lowest BCUT2D eigenvalue weighted by Crippen LogP contribution is -2.13. The van der Waals surface area contributed by atoms with Crippen LogP contribution in [0.1, 0.15) is 10.4 Å². The Morgan fingerprint density at radius 3 is 2.47 bits per heavy atom. The molecule has 0 aromatic heterocycles. The van der Waals surface area contributed by atoms with Gasteiger partial charge in [0.25, 0.3) is 5.91 Å². The van der Waals surface area contributed by atoms with Crippen molar-refractivity contribution in [1.82, 2.24) is 0 Å². The Labute approximate surface area is 128 Å². The van der Waals surface area contributed by atoms with Crippen LogP contribution in [0.2, 0.25) is 10.0 Å². The number of benzene rings is 2. The molecule has 2 aromatic rings. The molecule has 0 bridgehead atoms. The highest BCUT2D eigenvalue weighted by molar-refractivity contribution is 9.10. The van der Waals surface area contributed by atoms with Gasteiger partial charge in [0.2, 0.25) is 0 Å². The fourth-order valence-corrected chi connectivity index (χ4v) is 2.16. The second-order valence-corrected chi connectivity index (χ2v) is 5.54. The van der Waals surface area contributed by atoms with Crippen LogP contribution in [-0.2, 0) is 0 Å². The highest BCUT2D eigenvalue weighted by atomic mass is 79.9. The van der Waals surface area contributed by atoms with Crippen LogP contribution in [0.15, 0.2) is 40.9 Å². The maximum atomic E-state index is 12.0. The molecule has 0 aliphatic rings. The number of rotatable bonds is 2. The Hall–Kier alpha value is -1.23. The third-order valence-corrected chi connectivity index (χ3v) is 3.68. The topological polar surface area (TPSA) is 55.1 Å². The number of carbonyl (C=O) groups is 1. The van der Waals surface area contributed by atoms with E-state index in [1.54, 1.807) is 30.3 Å². The minimum atomic E-state index is -0.299. The first-order valence-corrected chi connectivity index (χ1v) is 6.83. The van der Waals surface area contributed by atoms with E-state index in [0.29, 0.717) is 27.0 Å². The summed E-state index contributed by atoms with van der Waals surface area (Å²) < 4.78 is 0.845. The molecule has 0 radical (unpaired) electrons. The number of carbonyl (C=O) groups excluding carboxylic acids is 1. The van der Waals surface area contributed by atoms with E-state index in [1.165, 1.54) is 6.07 Å². The lowest BCUT2D eigenvalue weighted by Gasteiger charge is -2.09. The predicted molar refractivity (Wildman–Crippen MR) is 83.0 cm³/mol. The Morgan fingerprint density at radius 1 is 1.11 bits per heavy atom. The molecule has 0 spiro atoms. The molecule has 6 heteroatoms. The molecule has 0 aliphatic heterocycles. The zero-order chi connectivity index (χ0) is 14.0. The monoisotopic (exact) mass is 358 g/mol. The molecule has 0 aliphatic carbocycles. The summed E-state index contributed by atoms with van der Waals surface area (Å²) in [5.74, 6) is -0.299. The Balaban J connectivity index is 2.23. The molecule has 98 valence electrons. The molecular weight excluding hydrogens is 351 g/mol. The number of amides is 1. The number of anilines is 2. The van der Waals surface area contributed by atoms with Gasteiger partial charge in [0.15, 0.2) is 0 Å². The van der Waals surface area contributed by atoms with Crippen molar-refractivity contribution in [2.24, 2.45) is 0 Å². The minimum Gasteiger partial charge on any atom is -0.397 e. The summed E-state index contributed by atoms with van der Waals surface area (Å²) >= 11 is 15.0. The molecule has 2 aromatic carbocycles. The van der Waals surface area contributed by atoms with E-state index >= 15 is 0 Å². The predicted octanol–water partition coefficient (Wildman–Crippen LogP) is 4.59. The molecule has 0 saturated heterocycles. The molecule has 0 unspecified atom stereocenters. The molecule has 0 fully saturated rings. The van der Waals surface area contributed by atoms with Crippen molar-refractivity contribution in [3.8, 4) is 0 Å². The number of halogens is 3. The first-order valence-electron chi connectivity index (χ1n) is 5.29. The van der Waals surface area contributed by atoms with Gasteiger partial charge in [0.05, 0.1) is 21.4 Å². The van der Waals surface area contributed by atoms with E-state index in [0.717, 1.165) is 4.47 Å². The standard InChI is InChI=1S/C13H9BrCl2N2O/c14-8-2-4-12(11(17)6-8)18-13(19)7-1-3-9(15)10(16)5-7/h1-6H,17H2,(H,18,19). The zero-order valence-electron chi connectivity index (χ0n) is 9.58. The van der Waals surface area contributed by atoms with Gasteiger partial charge in [0.1, 0.15) is 0 Å². The Kier molecular flexibility index (Phi) is 4.34. The van der Waals surface area contributed by atoms with Gasteiger partial charge < -0.3 is 11.1 Å². The van der Waals surface area contributed by atoms with Crippen LogP contribution in [-0.4, -0.2) is 5.91 Å². The summed E-state index contributed by atoms with van der Waals surface area (Å²) in [5.41, 5.74) is 7.24. The number of nitrogens with two attached hydrogens (primary N) is 1. The first kappa shape index (κ1) is 14.2. The van der Waals surface area contributed by atoms with Crippen molar-refractivity contribution in [3.63, 3.8) is 0 Å². The van der Waals surface area contributed by atoms with Crippen LogP contribution in [0.5, 0.6) is 0 Å². The average Bonchev–Trinajstić information content (AvgIpc) is 2.36. The quantitative estimate of drug-likeness (QED) is 0.770. The van der Waals surface area contributed by atoms with Crippen LogP contribution in [0.3, 0.4) is 0 Å². The van der Waals surface area contributed by atoms with E-state index in [2.05, 4.69) is 21.2 Å². The van der Waals surface area contributed by atoms with Crippen molar-refractivity contribution in [1.29, 1.82) is 0 Å². The lowest BCUT2D eigenvalue weighted by molar-refractivity contribution is 0.102. The van der Waals surface area contributed by atoms with E-state index in [4.69, 9.17) is 28.9 Å². The van der Waals surface area contributed by atoms with Crippen LogP contribution < -0.4 is 11.1 Å². The number of hydrogen-bond acceptors (Lipinski definition) is 2. The summed E-state index contributed by atoms with van der Waals surface area (Å²) in [6, 6.07) is 9.90. The molecule has 3 nitrogen and oxygen atoms in total. The summed E-state index contributed by atoms with van der Waals surface area (Å²) in [6.45, 7) is 0. The summed E-state index contributed by atoms with van der Waals surface area (Å²) in [5, 5.41) is 3.45. The largest absolute Gasteiger partial charge is 0.397 e. The third kappa shape index (κ3) is 3.41. The van der Waals surface area contributed by atoms with Gasteiger partial charge in [-0.25, -0.2) is 0 Å². The van der Waals surface area contributed by atoms with Crippen molar-refractivity contribution in [3.05, 3.63) is 56.5 Å². The number of hydrogen-bond donors (Lipinski definition) is 2. The van der Waals surface area contributed by atoms with Crippen LogP contribution in [0.4, 0.5) is 11.4 Å². The maximum absolute atomic E-state index is 12.0. The van der Waals surface area contributed by atoms with Gasteiger partial charge in [-0.1, -0.05) is 39.1 Å².